The molecule has 3 atom stereocenters. The molecule has 1 N–H and O–H groups in total. The topological polar surface area (TPSA) is 83.1 Å². The fourth-order valence-electron chi connectivity index (χ4n) is 4.55. The third-order valence-electron chi connectivity index (χ3n) is 6.39. The van der Waals surface area contributed by atoms with Crippen LogP contribution in [0.15, 0.2) is 21.7 Å². The number of hydrogen-bond acceptors (Lipinski definition) is 5. The van der Waals surface area contributed by atoms with Gasteiger partial charge in [0, 0.05) is 6.42 Å². The average molecular weight is 457 g/mol. The number of nitrogens with zero attached hydrogens (tertiary/aromatic N) is 4. The monoisotopic (exact) mass is 457 g/mol. The Labute approximate surface area is 179 Å². The SMILES string of the molecule is Cc1c(N2CCC(C(C)NCCC#N)C2)ccc2c(=O)n([AsH2])c(=O)n(C3CC3)c12. The summed E-state index contributed by atoms with van der Waals surface area (Å²) in [5, 5.41) is 12.8. The molecule has 0 amide bonds. The first-order valence-electron chi connectivity index (χ1n) is 10.3. The van der Waals surface area contributed by atoms with E-state index in [0.29, 0.717) is 23.8 Å². The van der Waals surface area contributed by atoms with Gasteiger partial charge in [0.2, 0.25) is 0 Å². The van der Waals surface area contributed by atoms with Crippen LogP contribution in [-0.2, 0) is 0 Å². The van der Waals surface area contributed by atoms with Crippen molar-refractivity contribution in [1.82, 2.24) is 13.4 Å². The summed E-state index contributed by atoms with van der Waals surface area (Å²) in [7, 11) is 0. The van der Waals surface area contributed by atoms with Gasteiger partial charge in [0.05, 0.1) is 6.07 Å². The van der Waals surface area contributed by atoms with Gasteiger partial charge in [0.1, 0.15) is 0 Å². The van der Waals surface area contributed by atoms with E-state index in [9.17, 15) is 9.59 Å². The molecule has 1 aromatic carbocycles. The van der Waals surface area contributed by atoms with E-state index in [1.807, 2.05) is 23.6 Å². The number of anilines is 1. The number of rotatable bonds is 6. The van der Waals surface area contributed by atoms with Crippen molar-refractivity contribution >= 4 is 33.7 Å². The molecule has 8 heteroatoms. The number of nitriles is 1. The van der Waals surface area contributed by atoms with E-state index >= 15 is 0 Å². The zero-order valence-corrected chi connectivity index (χ0v) is 19.4. The van der Waals surface area contributed by atoms with Gasteiger partial charge in [-0.05, 0) is 0 Å². The molecule has 154 valence electrons. The van der Waals surface area contributed by atoms with Gasteiger partial charge in [-0.25, -0.2) is 0 Å². The molecule has 1 aliphatic carbocycles. The second-order valence-corrected chi connectivity index (χ2v) is 9.39. The minimum absolute atomic E-state index is 0.181. The van der Waals surface area contributed by atoms with Crippen LogP contribution in [0, 0.1) is 24.2 Å². The van der Waals surface area contributed by atoms with Crippen molar-refractivity contribution in [1.29, 1.82) is 5.26 Å². The number of fused-ring (bicyclic) bond motifs is 1. The van der Waals surface area contributed by atoms with Gasteiger partial charge >= 0.3 is 161 Å². The van der Waals surface area contributed by atoms with Crippen LogP contribution >= 0.6 is 0 Å². The van der Waals surface area contributed by atoms with E-state index in [4.69, 9.17) is 5.26 Å². The Morgan fingerprint density at radius 3 is 2.76 bits per heavy atom. The minimum atomic E-state index is -0.189. The molecule has 2 aromatic rings. The van der Waals surface area contributed by atoms with Crippen LogP contribution in [0.1, 0.15) is 44.2 Å². The molecular formula is C21H28AsN5O2. The molecule has 1 saturated carbocycles. The summed E-state index contributed by atoms with van der Waals surface area (Å²) in [6.45, 7) is 6.86. The molecule has 1 aliphatic heterocycles. The summed E-state index contributed by atoms with van der Waals surface area (Å²) in [5.74, 6) is 0.515. The van der Waals surface area contributed by atoms with Crippen molar-refractivity contribution in [2.45, 2.75) is 51.6 Å². The summed E-state index contributed by atoms with van der Waals surface area (Å²) >= 11 is 1.04. The van der Waals surface area contributed by atoms with E-state index in [0.717, 1.165) is 72.7 Å². The Morgan fingerprint density at radius 1 is 1.31 bits per heavy atom. The van der Waals surface area contributed by atoms with Gasteiger partial charge in [0.15, 0.2) is 0 Å². The Balaban J connectivity index is 1.68. The fraction of sp³-hybridized carbons (Fsp3) is 0.571. The van der Waals surface area contributed by atoms with Crippen molar-refractivity contribution < 1.29 is 0 Å². The fourth-order valence-corrected chi connectivity index (χ4v) is 5.10. The summed E-state index contributed by atoms with van der Waals surface area (Å²) in [4.78, 5) is 27.9. The molecule has 2 aliphatic rings. The predicted molar refractivity (Wildman–Crippen MR) is 117 cm³/mol. The number of aromatic nitrogens is 2. The summed E-state index contributed by atoms with van der Waals surface area (Å²) in [6.07, 6.45) is 3.62. The van der Waals surface area contributed by atoms with Crippen LogP contribution in [0.3, 0.4) is 0 Å². The Kier molecular flexibility index (Phi) is 5.59. The molecule has 2 fully saturated rings. The van der Waals surface area contributed by atoms with Crippen LogP contribution in [-0.4, -0.2) is 50.8 Å². The third-order valence-corrected chi connectivity index (χ3v) is 7.35. The molecule has 1 aromatic heterocycles. The summed E-state index contributed by atoms with van der Waals surface area (Å²) in [6, 6.07) is 6.70. The van der Waals surface area contributed by atoms with Crippen LogP contribution in [0.2, 0.25) is 0 Å². The summed E-state index contributed by atoms with van der Waals surface area (Å²) < 4.78 is 3.16. The quantitative estimate of drug-likeness (QED) is 0.516. The standard InChI is InChI=1S/C21H28AsN5O2/c1-13-18(25-11-8-15(12-25)14(2)24-10-3-9-23)7-6-17-19(13)26(16-4-5-16)21(29)27(22)20(17)28/h6-7,14-16,24H,3-5,8,10-12,22H2,1-2H3. The molecular weight excluding hydrogens is 429 g/mol. The number of aryl methyl sites for hydroxylation is 1. The van der Waals surface area contributed by atoms with E-state index < -0.39 is 0 Å². The van der Waals surface area contributed by atoms with Gasteiger partial charge in [-0.3, -0.25) is 0 Å². The second kappa shape index (κ2) is 8.01. The number of hydrogen-bond donors (Lipinski definition) is 1. The molecule has 29 heavy (non-hydrogen) atoms. The van der Waals surface area contributed by atoms with Gasteiger partial charge in [-0.2, -0.15) is 5.26 Å². The molecule has 2 heterocycles. The first kappa shape index (κ1) is 20.2. The van der Waals surface area contributed by atoms with E-state index in [1.165, 1.54) is 3.48 Å². The zero-order valence-electron chi connectivity index (χ0n) is 17.0. The van der Waals surface area contributed by atoms with Gasteiger partial charge in [-0.15, -0.1) is 0 Å². The summed E-state index contributed by atoms with van der Waals surface area (Å²) in [5.41, 5.74) is 2.60. The average Bonchev–Trinajstić information content (AvgIpc) is 3.42. The van der Waals surface area contributed by atoms with E-state index in [-0.39, 0.29) is 17.3 Å². The van der Waals surface area contributed by atoms with Gasteiger partial charge in [-0.1, -0.05) is 0 Å². The van der Waals surface area contributed by atoms with Crippen molar-refractivity contribution in [2.75, 3.05) is 24.5 Å². The maximum absolute atomic E-state index is 12.8. The van der Waals surface area contributed by atoms with Gasteiger partial charge in [0.25, 0.3) is 0 Å². The van der Waals surface area contributed by atoms with Crippen LogP contribution in [0.5, 0.6) is 0 Å². The van der Waals surface area contributed by atoms with Crippen LogP contribution in [0.25, 0.3) is 10.9 Å². The zero-order chi connectivity index (χ0) is 20.7. The van der Waals surface area contributed by atoms with Crippen LogP contribution < -0.4 is 21.5 Å². The Bertz CT molecular complexity index is 1100. The van der Waals surface area contributed by atoms with E-state index in [1.54, 1.807) is 0 Å². The number of benzene rings is 1. The molecule has 0 radical (unpaired) electrons. The Morgan fingerprint density at radius 2 is 2.07 bits per heavy atom. The molecule has 4 rings (SSSR count). The molecule has 1 saturated heterocycles. The second-order valence-electron chi connectivity index (χ2n) is 8.31. The predicted octanol–water partition coefficient (Wildman–Crippen LogP) is 0.921. The maximum atomic E-state index is 12.8. The normalized spacial score (nSPS) is 20.2. The third kappa shape index (κ3) is 3.65. The van der Waals surface area contributed by atoms with Crippen LogP contribution in [0.4, 0.5) is 5.69 Å². The van der Waals surface area contributed by atoms with Crippen molar-refractivity contribution in [3.63, 3.8) is 0 Å². The molecule has 0 bridgehead atoms. The first-order valence-corrected chi connectivity index (χ1v) is 11.4. The molecule has 3 unspecified atom stereocenters. The van der Waals surface area contributed by atoms with E-state index in [2.05, 4.69) is 23.2 Å². The molecule has 0 spiro atoms. The van der Waals surface area contributed by atoms with Gasteiger partial charge < -0.3 is 0 Å². The van der Waals surface area contributed by atoms with Crippen molar-refractivity contribution in [3.8, 4) is 6.07 Å². The first-order chi connectivity index (χ1) is 13.9. The number of nitrogens with one attached hydrogen (secondary N) is 1. The molecule has 7 nitrogen and oxygen atoms in total. The van der Waals surface area contributed by atoms with Crippen molar-refractivity contribution in [3.05, 3.63) is 38.5 Å². The van der Waals surface area contributed by atoms with Crippen molar-refractivity contribution in [2.24, 2.45) is 5.92 Å². The Hall–Kier alpha value is -2.03.